The van der Waals surface area contributed by atoms with Gasteiger partial charge in [0, 0.05) is 6.04 Å². The van der Waals surface area contributed by atoms with Gasteiger partial charge in [-0.1, -0.05) is 6.07 Å². The minimum absolute atomic E-state index is 0.0198. The van der Waals surface area contributed by atoms with Crippen molar-refractivity contribution in [3.8, 4) is 0 Å². The van der Waals surface area contributed by atoms with Gasteiger partial charge < -0.3 is 5.32 Å². The summed E-state index contributed by atoms with van der Waals surface area (Å²) in [6, 6.07) is 3.67. The van der Waals surface area contributed by atoms with Gasteiger partial charge in [-0.25, -0.2) is 21.2 Å². The highest BCUT2D eigenvalue weighted by atomic mass is 32.2. The number of hydrogen-bond donors (Lipinski definition) is 1. The molecule has 0 radical (unpaired) electrons. The molecule has 1 heterocycles. The van der Waals surface area contributed by atoms with Gasteiger partial charge >= 0.3 is 6.18 Å². The Hall–Kier alpha value is -1.99. The summed E-state index contributed by atoms with van der Waals surface area (Å²) in [6.45, 7) is 4.53. The lowest BCUT2D eigenvalue weighted by Crippen LogP contribution is -2.45. The van der Waals surface area contributed by atoms with E-state index >= 15 is 4.39 Å². The van der Waals surface area contributed by atoms with Gasteiger partial charge in [0.25, 0.3) is 5.91 Å². The summed E-state index contributed by atoms with van der Waals surface area (Å²) in [5.41, 5.74) is -1.19. The van der Waals surface area contributed by atoms with Crippen molar-refractivity contribution < 1.29 is 39.2 Å². The van der Waals surface area contributed by atoms with Gasteiger partial charge in [-0.15, -0.1) is 11.3 Å². The summed E-state index contributed by atoms with van der Waals surface area (Å²) < 4.78 is 105. The number of carbonyl (C=O) groups is 1. The zero-order chi connectivity index (χ0) is 26.4. The Kier molecular flexibility index (Phi) is 7.21. The predicted molar refractivity (Wildman–Crippen MR) is 123 cm³/mol. The highest BCUT2D eigenvalue weighted by Crippen LogP contribution is 2.42. The molecule has 194 valence electrons. The van der Waals surface area contributed by atoms with Crippen molar-refractivity contribution in [1.29, 1.82) is 0 Å². The number of alkyl halides is 4. The maximum atomic E-state index is 15.5. The van der Waals surface area contributed by atoms with Crippen molar-refractivity contribution in [1.82, 2.24) is 5.32 Å². The molecule has 35 heavy (non-hydrogen) atoms. The molecular formula is C22H25F4NO5S3. The van der Waals surface area contributed by atoms with Gasteiger partial charge in [-0.2, -0.15) is 13.2 Å². The van der Waals surface area contributed by atoms with Crippen LogP contribution in [-0.4, -0.2) is 38.5 Å². The molecule has 1 aromatic heterocycles. The molecule has 6 nitrogen and oxygen atoms in total. The number of halogens is 4. The maximum Gasteiger partial charge on any atom is 0.416 e. The lowest BCUT2D eigenvalue weighted by atomic mass is 9.93. The lowest BCUT2D eigenvalue weighted by Gasteiger charge is -2.34. The van der Waals surface area contributed by atoms with Crippen LogP contribution in [0.1, 0.15) is 61.7 Å². The van der Waals surface area contributed by atoms with Crippen molar-refractivity contribution in [2.24, 2.45) is 0 Å². The molecule has 1 aliphatic rings. The van der Waals surface area contributed by atoms with Gasteiger partial charge in [0.1, 0.15) is 4.88 Å². The molecule has 0 atom stereocenters. The van der Waals surface area contributed by atoms with Crippen LogP contribution in [0.3, 0.4) is 0 Å². The van der Waals surface area contributed by atoms with Crippen LogP contribution in [0.2, 0.25) is 0 Å². The Bertz CT molecular complexity index is 1320. The first-order valence-electron chi connectivity index (χ1n) is 10.6. The van der Waals surface area contributed by atoms with Crippen LogP contribution >= 0.6 is 11.3 Å². The second kappa shape index (κ2) is 9.15. The van der Waals surface area contributed by atoms with Crippen LogP contribution in [-0.2, 0) is 25.9 Å². The van der Waals surface area contributed by atoms with Crippen molar-refractivity contribution in [2.75, 3.05) is 0 Å². The smallest absolute Gasteiger partial charge is 0.349 e. The first kappa shape index (κ1) is 27.6. The Morgan fingerprint density at radius 1 is 1.06 bits per heavy atom. The van der Waals surface area contributed by atoms with E-state index in [4.69, 9.17) is 0 Å². The SMILES string of the molecule is CC(C)(C)S(=O)(=O)c1ccsc1C(=O)N[C@H]1CC[C@@](F)(S(=O)(=O)c2cccc(C(F)(F)F)c2)CC1. The molecular weight excluding hydrogens is 530 g/mol. The molecule has 13 heteroatoms. The van der Waals surface area contributed by atoms with Crippen LogP contribution in [0.5, 0.6) is 0 Å². The Labute approximate surface area is 205 Å². The Morgan fingerprint density at radius 2 is 1.66 bits per heavy atom. The molecule has 1 N–H and O–H groups in total. The normalized spacial score (nSPS) is 22.1. The van der Waals surface area contributed by atoms with Gasteiger partial charge in [-0.3, -0.25) is 4.79 Å². The van der Waals surface area contributed by atoms with Crippen molar-refractivity contribution >= 4 is 36.9 Å². The summed E-state index contributed by atoms with van der Waals surface area (Å²) >= 11 is 0.941. The molecule has 1 amide bonds. The van der Waals surface area contributed by atoms with E-state index in [0.29, 0.717) is 12.1 Å². The molecule has 2 aromatic rings. The fourth-order valence-corrected chi connectivity index (χ4v) is 8.00. The summed E-state index contributed by atoms with van der Waals surface area (Å²) in [6.07, 6.45) is -6.03. The van der Waals surface area contributed by atoms with E-state index in [0.717, 1.165) is 23.5 Å². The number of thiophene rings is 1. The average Bonchev–Trinajstić information content (AvgIpc) is 3.25. The fourth-order valence-electron chi connectivity index (χ4n) is 3.77. The Morgan fingerprint density at radius 3 is 2.20 bits per heavy atom. The standard InChI is InChI=1S/C22H25F4NO5S3/c1-20(2,3)35(31,32)17-9-12-33-18(17)19(28)27-15-7-10-21(23,11-8-15)34(29,30)16-6-4-5-14(13-16)22(24,25)26/h4-6,9,12-13,15H,7-8,10-11H2,1-3H3,(H,27,28)/t15-,21+. The topological polar surface area (TPSA) is 97.4 Å². The highest BCUT2D eigenvalue weighted by molar-refractivity contribution is 7.93. The molecule has 0 unspecified atom stereocenters. The number of amides is 1. The quantitative estimate of drug-likeness (QED) is 0.515. The second-order valence-corrected chi connectivity index (χ2v) is 15.2. The minimum Gasteiger partial charge on any atom is -0.349 e. The fraction of sp³-hybridized carbons (Fsp3) is 0.500. The van der Waals surface area contributed by atoms with E-state index in [9.17, 15) is 34.8 Å². The van der Waals surface area contributed by atoms with Crippen LogP contribution < -0.4 is 5.32 Å². The van der Waals surface area contributed by atoms with Crippen molar-refractivity contribution in [3.63, 3.8) is 0 Å². The van der Waals surface area contributed by atoms with Crippen LogP contribution in [0.25, 0.3) is 0 Å². The monoisotopic (exact) mass is 555 g/mol. The molecule has 1 fully saturated rings. The van der Waals surface area contributed by atoms with Crippen LogP contribution in [0, 0.1) is 0 Å². The van der Waals surface area contributed by atoms with Crippen molar-refractivity contribution in [2.45, 2.75) is 78.2 Å². The number of rotatable bonds is 5. The van der Waals surface area contributed by atoms with E-state index in [1.54, 1.807) is 0 Å². The average molecular weight is 556 g/mol. The first-order valence-corrected chi connectivity index (χ1v) is 14.5. The summed E-state index contributed by atoms with van der Waals surface area (Å²) in [5, 5.41) is 1.33. The lowest BCUT2D eigenvalue weighted by molar-refractivity contribution is -0.137. The van der Waals surface area contributed by atoms with Gasteiger partial charge in [0.15, 0.2) is 9.84 Å². The summed E-state index contributed by atoms with van der Waals surface area (Å²) in [5.74, 6) is -0.667. The molecule has 3 rings (SSSR count). The third kappa shape index (κ3) is 5.26. The molecule has 1 saturated carbocycles. The second-order valence-electron chi connectivity index (χ2n) is 9.39. The molecule has 1 aliphatic carbocycles. The predicted octanol–water partition coefficient (Wildman–Crippen LogP) is 5.15. The van der Waals surface area contributed by atoms with E-state index in [2.05, 4.69) is 5.32 Å². The summed E-state index contributed by atoms with van der Waals surface area (Å²) in [7, 11) is -8.54. The highest BCUT2D eigenvalue weighted by Gasteiger charge is 2.48. The molecule has 0 spiro atoms. The molecule has 1 aromatic carbocycles. The number of sulfone groups is 2. The zero-order valence-corrected chi connectivity index (χ0v) is 21.6. The molecule has 0 saturated heterocycles. The Balaban J connectivity index is 1.74. The number of nitrogens with one attached hydrogen (secondary N) is 1. The summed E-state index contributed by atoms with van der Waals surface area (Å²) in [4.78, 5) is 11.9. The third-order valence-electron chi connectivity index (χ3n) is 5.95. The van der Waals surface area contributed by atoms with E-state index in [-0.39, 0.29) is 22.6 Å². The number of benzene rings is 1. The number of hydrogen-bond acceptors (Lipinski definition) is 6. The van der Waals surface area contributed by atoms with Crippen molar-refractivity contribution in [3.05, 3.63) is 46.2 Å². The zero-order valence-electron chi connectivity index (χ0n) is 19.1. The third-order valence-corrected chi connectivity index (χ3v) is 11.8. The van der Waals surface area contributed by atoms with Crippen LogP contribution in [0.15, 0.2) is 45.5 Å². The van der Waals surface area contributed by atoms with Gasteiger partial charge in [0.05, 0.1) is 20.1 Å². The van der Waals surface area contributed by atoms with Gasteiger partial charge in [-0.05, 0) is 76.1 Å². The van der Waals surface area contributed by atoms with E-state index < -0.39 is 70.8 Å². The maximum absolute atomic E-state index is 15.5. The number of carbonyl (C=O) groups excluding carboxylic acids is 1. The van der Waals surface area contributed by atoms with E-state index in [1.165, 1.54) is 32.2 Å². The minimum atomic E-state index is -4.78. The largest absolute Gasteiger partial charge is 0.416 e. The molecule has 0 bridgehead atoms. The van der Waals surface area contributed by atoms with E-state index in [1.807, 2.05) is 0 Å². The first-order chi connectivity index (χ1) is 15.9. The molecule has 0 aliphatic heterocycles. The van der Waals surface area contributed by atoms with Gasteiger partial charge in [0.2, 0.25) is 14.8 Å². The van der Waals surface area contributed by atoms with Crippen LogP contribution in [0.4, 0.5) is 17.6 Å².